The fourth-order valence-corrected chi connectivity index (χ4v) is 2.25. The monoisotopic (exact) mass is 270 g/mol. The average molecular weight is 270 g/mol. The average Bonchev–Trinajstić information content (AvgIpc) is 2.49. The number of rotatable bonds is 6. The van der Waals surface area contributed by atoms with Gasteiger partial charge in [0, 0.05) is 25.2 Å². The predicted octanol–water partition coefficient (Wildman–Crippen LogP) is 3.24. The van der Waals surface area contributed by atoms with Crippen LogP contribution in [0.3, 0.4) is 0 Å². The molecule has 0 bridgehead atoms. The molecule has 1 aromatic carbocycles. The molecule has 0 aliphatic rings. The lowest BCUT2D eigenvalue weighted by Crippen LogP contribution is -2.24. The van der Waals surface area contributed by atoms with Crippen molar-refractivity contribution in [3.8, 4) is 0 Å². The van der Waals surface area contributed by atoms with Crippen LogP contribution in [0.4, 0.5) is 11.6 Å². The van der Waals surface area contributed by atoms with Crippen LogP contribution >= 0.6 is 0 Å². The first kappa shape index (κ1) is 14.3. The Bertz CT molecular complexity index is 539. The van der Waals surface area contributed by atoms with Gasteiger partial charge in [-0.2, -0.15) is 0 Å². The number of aromatic nitrogens is 2. The summed E-state index contributed by atoms with van der Waals surface area (Å²) in [4.78, 5) is 11.0. The third kappa shape index (κ3) is 3.26. The molecule has 0 amide bonds. The Hall–Kier alpha value is -2.10. The van der Waals surface area contributed by atoms with Crippen molar-refractivity contribution in [3.05, 3.63) is 47.8 Å². The minimum Gasteiger partial charge on any atom is -0.370 e. The summed E-state index contributed by atoms with van der Waals surface area (Å²) >= 11 is 0. The van der Waals surface area contributed by atoms with Crippen LogP contribution in [-0.2, 0) is 6.54 Å². The summed E-state index contributed by atoms with van der Waals surface area (Å²) in [6.07, 6.45) is 1.63. The van der Waals surface area contributed by atoms with Gasteiger partial charge in [0.05, 0.1) is 0 Å². The highest BCUT2D eigenvalue weighted by Gasteiger charge is 2.12. The van der Waals surface area contributed by atoms with Crippen LogP contribution < -0.4 is 10.2 Å². The van der Waals surface area contributed by atoms with Gasteiger partial charge in [-0.25, -0.2) is 9.97 Å². The molecule has 2 rings (SSSR count). The van der Waals surface area contributed by atoms with Gasteiger partial charge in [-0.3, -0.25) is 0 Å². The van der Waals surface area contributed by atoms with Crippen molar-refractivity contribution >= 4 is 11.6 Å². The molecule has 0 saturated heterocycles. The van der Waals surface area contributed by atoms with Crippen molar-refractivity contribution in [2.24, 2.45) is 0 Å². The number of hydrogen-bond donors (Lipinski definition) is 1. The van der Waals surface area contributed by atoms with Crippen LogP contribution in [0.15, 0.2) is 36.7 Å². The van der Waals surface area contributed by atoms with E-state index in [0.29, 0.717) is 0 Å². The Kier molecular flexibility index (Phi) is 4.93. The van der Waals surface area contributed by atoms with Gasteiger partial charge >= 0.3 is 0 Å². The Labute approximate surface area is 120 Å². The molecule has 0 fully saturated rings. The minimum absolute atomic E-state index is 0.862. The van der Waals surface area contributed by atoms with Crippen LogP contribution in [0.5, 0.6) is 0 Å². The topological polar surface area (TPSA) is 41.1 Å². The van der Waals surface area contributed by atoms with Gasteiger partial charge in [0.1, 0.15) is 18.0 Å². The van der Waals surface area contributed by atoms with Crippen molar-refractivity contribution in [2.45, 2.75) is 27.3 Å². The smallest absolute Gasteiger partial charge is 0.137 e. The van der Waals surface area contributed by atoms with E-state index in [1.807, 2.05) is 6.07 Å². The lowest BCUT2D eigenvalue weighted by atomic mass is 10.2. The van der Waals surface area contributed by atoms with Crippen LogP contribution in [0.1, 0.15) is 25.0 Å². The summed E-state index contributed by atoms with van der Waals surface area (Å²) in [5.41, 5.74) is 2.39. The van der Waals surface area contributed by atoms with Gasteiger partial charge in [0.2, 0.25) is 0 Å². The van der Waals surface area contributed by atoms with Gasteiger partial charge in [0.25, 0.3) is 0 Å². The summed E-state index contributed by atoms with van der Waals surface area (Å²) < 4.78 is 0. The molecular weight excluding hydrogens is 248 g/mol. The van der Waals surface area contributed by atoms with E-state index in [1.54, 1.807) is 6.33 Å². The SMILES string of the molecule is CCNc1ncnc(N(CC)Cc2ccccc2)c1C. The largest absolute Gasteiger partial charge is 0.370 e. The molecule has 106 valence electrons. The second-order valence-corrected chi connectivity index (χ2v) is 4.70. The normalized spacial score (nSPS) is 10.3. The van der Waals surface area contributed by atoms with Crippen molar-refractivity contribution in [2.75, 3.05) is 23.3 Å². The van der Waals surface area contributed by atoms with Gasteiger partial charge < -0.3 is 10.2 Å². The third-order valence-corrected chi connectivity index (χ3v) is 3.30. The summed E-state index contributed by atoms with van der Waals surface area (Å²) in [7, 11) is 0. The van der Waals surface area contributed by atoms with E-state index in [2.05, 4.69) is 65.2 Å². The predicted molar refractivity (Wildman–Crippen MR) is 84.1 cm³/mol. The molecular formula is C16H22N4. The van der Waals surface area contributed by atoms with Crippen LogP contribution in [0, 0.1) is 6.92 Å². The maximum Gasteiger partial charge on any atom is 0.137 e. The van der Waals surface area contributed by atoms with Crippen LogP contribution in [-0.4, -0.2) is 23.1 Å². The fraction of sp³-hybridized carbons (Fsp3) is 0.375. The summed E-state index contributed by atoms with van der Waals surface area (Å²) in [5, 5.41) is 3.28. The first-order valence-corrected chi connectivity index (χ1v) is 7.10. The summed E-state index contributed by atoms with van der Waals surface area (Å²) in [6.45, 7) is 8.93. The first-order valence-electron chi connectivity index (χ1n) is 7.10. The zero-order chi connectivity index (χ0) is 14.4. The molecule has 4 nitrogen and oxygen atoms in total. The fourth-order valence-electron chi connectivity index (χ4n) is 2.25. The first-order chi connectivity index (χ1) is 9.76. The second-order valence-electron chi connectivity index (χ2n) is 4.70. The molecule has 2 aromatic rings. The Balaban J connectivity index is 2.25. The molecule has 0 saturated carbocycles. The Morgan fingerprint density at radius 2 is 1.85 bits per heavy atom. The lowest BCUT2D eigenvalue weighted by molar-refractivity contribution is 0.804. The summed E-state index contributed by atoms with van der Waals surface area (Å²) in [6, 6.07) is 10.5. The maximum atomic E-state index is 4.46. The highest BCUT2D eigenvalue weighted by atomic mass is 15.2. The molecule has 0 aliphatic carbocycles. The third-order valence-electron chi connectivity index (χ3n) is 3.30. The minimum atomic E-state index is 0.862. The van der Waals surface area contributed by atoms with Crippen LogP contribution in [0.25, 0.3) is 0 Å². The summed E-state index contributed by atoms with van der Waals surface area (Å²) in [5.74, 6) is 1.92. The lowest BCUT2D eigenvalue weighted by Gasteiger charge is -2.24. The molecule has 1 N–H and O–H groups in total. The quantitative estimate of drug-likeness (QED) is 0.875. The molecule has 20 heavy (non-hydrogen) atoms. The van der Waals surface area contributed by atoms with Crippen molar-refractivity contribution in [1.29, 1.82) is 0 Å². The Morgan fingerprint density at radius 1 is 1.10 bits per heavy atom. The van der Waals surface area contributed by atoms with Crippen molar-refractivity contribution < 1.29 is 0 Å². The molecule has 4 heteroatoms. The van der Waals surface area contributed by atoms with E-state index in [4.69, 9.17) is 0 Å². The molecule has 1 aromatic heterocycles. The molecule has 0 unspecified atom stereocenters. The molecule has 0 atom stereocenters. The van der Waals surface area contributed by atoms with Gasteiger partial charge in [-0.1, -0.05) is 30.3 Å². The van der Waals surface area contributed by atoms with Crippen molar-refractivity contribution in [1.82, 2.24) is 9.97 Å². The van der Waals surface area contributed by atoms with E-state index in [-0.39, 0.29) is 0 Å². The number of benzene rings is 1. The van der Waals surface area contributed by atoms with E-state index >= 15 is 0 Å². The standard InChI is InChI=1S/C16H22N4/c1-4-17-15-13(3)16(19-12-18-15)20(5-2)11-14-9-7-6-8-10-14/h6-10,12H,4-5,11H2,1-3H3,(H,17,18,19). The number of hydrogen-bond acceptors (Lipinski definition) is 4. The van der Waals surface area contributed by atoms with Gasteiger partial charge in [-0.05, 0) is 26.3 Å². The molecule has 0 spiro atoms. The van der Waals surface area contributed by atoms with E-state index in [9.17, 15) is 0 Å². The Morgan fingerprint density at radius 3 is 2.50 bits per heavy atom. The van der Waals surface area contributed by atoms with Gasteiger partial charge in [0.15, 0.2) is 0 Å². The second kappa shape index (κ2) is 6.89. The number of anilines is 2. The molecule has 1 heterocycles. The zero-order valence-corrected chi connectivity index (χ0v) is 12.4. The maximum absolute atomic E-state index is 4.46. The zero-order valence-electron chi connectivity index (χ0n) is 12.4. The molecule has 0 radical (unpaired) electrons. The van der Waals surface area contributed by atoms with Crippen molar-refractivity contribution in [3.63, 3.8) is 0 Å². The number of nitrogens with one attached hydrogen (secondary N) is 1. The van der Waals surface area contributed by atoms with E-state index < -0.39 is 0 Å². The molecule has 0 aliphatic heterocycles. The van der Waals surface area contributed by atoms with Crippen LogP contribution in [0.2, 0.25) is 0 Å². The van der Waals surface area contributed by atoms with Gasteiger partial charge in [-0.15, -0.1) is 0 Å². The highest BCUT2D eigenvalue weighted by molar-refractivity contribution is 5.58. The van der Waals surface area contributed by atoms with E-state index in [1.165, 1.54) is 5.56 Å². The highest BCUT2D eigenvalue weighted by Crippen LogP contribution is 2.23. The van der Waals surface area contributed by atoms with E-state index in [0.717, 1.165) is 36.8 Å². The number of nitrogens with zero attached hydrogens (tertiary/aromatic N) is 3.